The molecule has 0 spiro atoms. The molecule has 1 nitrogen and oxygen atoms in total. The smallest absolute Gasteiger partial charge is 0.0646 e. The number of nitrogens with two attached hydrogens (primary N) is 1. The van der Waals surface area contributed by atoms with Gasteiger partial charge in [-0.1, -0.05) is 29.8 Å². The van der Waals surface area contributed by atoms with E-state index in [1.165, 1.54) is 16.7 Å². The number of hydrogen-bond acceptors (Lipinski definition) is 2. The summed E-state index contributed by atoms with van der Waals surface area (Å²) >= 11 is 7.80. The third-order valence-electron chi connectivity index (χ3n) is 3.00. The van der Waals surface area contributed by atoms with Gasteiger partial charge in [-0.05, 0) is 48.7 Å². The fraction of sp³-hybridized carbons (Fsp3) is 0.200. The molecular formula is C15H16ClNS. The minimum Gasteiger partial charge on any atom is -0.398 e. The summed E-state index contributed by atoms with van der Waals surface area (Å²) in [6.07, 6.45) is 0. The Morgan fingerprint density at radius 3 is 2.39 bits per heavy atom. The first-order valence-electron chi connectivity index (χ1n) is 5.81. The maximum absolute atomic E-state index is 6.02. The van der Waals surface area contributed by atoms with Crippen LogP contribution in [0.15, 0.2) is 41.3 Å². The number of benzene rings is 2. The Kier molecular flexibility index (Phi) is 4.20. The first-order valence-corrected chi connectivity index (χ1v) is 7.17. The van der Waals surface area contributed by atoms with Gasteiger partial charge in [0.05, 0.1) is 10.7 Å². The highest BCUT2D eigenvalue weighted by Crippen LogP contribution is 2.30. The van der Waals surface area contributed by atoms with Crippen molar-refractivity contribution >= 4 is 29.1 Å². The Hall–Kier alpha value is -1.12. The lowest BCUT2D eigenvalue weighted by molar-refractivity contribution is 1.24. The zero-order valence-electron chi connectivity index (χ0n) is 10.5. The average Bonchev–Trinajstić information content (AvgIpc) is 2.33. The van der Waals surface area contributed by atoms with Gasteiger partial charge in [0.1, 0.15) is 0 Å². The highest BCUT2D eigenvalue weighted by atomic mass is 35.5. The van der Waals surface area contributed by atoms with E-state index in [9.17, 15) is 0 Å². The minimum absolute atomic E-state index is 0.626. The summed E-state index contributed by atoms with van der Waals surface area (Å²) in [6.45, 7) is 4.30. The number of nitrogen functional groups attached to an aromatic ring is 1. The lowest BCUT2D eigenvalue weighted by Gasteiger charge is -2.09. The molecule has 0 bridgehead atoms. The second-order valence-corrected chi connectivity index (χ2v) is 5.80. The summed E-state index contributed by atoms with van der Waals surface area (Å²) in [7, 11) is 0. The average molecular weight is 278 g/mol. The van der Waals surface area contributed by atoms with E-state index in [0.29, 0.717) is 10.7 Å². The van der Waals surface area contributed by atoms with Crippen molar-refractivity contribution < 1.29 is 0 Å². The van der Waals surface area contributed by atoms with Crippen molar-refractivity contribution in [3.05, 3.63) is 58.1 Å². The van der Waals surface area contributed by atoms with Gasteiger partial charge in [0.25, 0.3) is 0 Å². The summed E-state index contributed by atoms with van der Waals surface area (Å²) in [5.74, 6) is 0.957. The van der Waals surface area contributed by atoms with Crippen LogP contribution in [0.2, 0.25) is 5.02 Å². The number of anilines is 1. The molecule has 0 saturated carbocycles. The maximum atomic E-state index is 6.02. The predicted molar refractivity (Wildman–Crippen MR) is 81.3 cm³/mol. The molecular weight excluding hydrogens is 262 g/mol. The van der Waals surface area contributed by atoms with E-state index in [1.807, 2.05) is 18.2 Å². The molecule has 0 fully saturated rings. The van der Waals surface area contributed by atoms with E-state index < -0.39 is 0 Å². The fourth-order valence-electron chi connectivity index (χ4n) is 1.83. The van der Waals surface area contributed by atoms with Crippen LogP contribution in [0.4, 0.5) is 5.69 Å². The molecule has 3 heteroatoms. The predicted octanol–water partition coefficient (Wildman–Crippen LogP) is 4.83. The summed E-state index contributed by atoms with van der Waals surface area (Å²) in [6, 6.07) is 12.2. The van der Waals surface area contributed by atoms with Gasteiger partial charge in [-0.3, -0.25) is 0 Å². The highest BCUT2D eigenvalue weighted by molar-refractivity contribution is 7.98. The van der Waals surface area contributed by atoms with Gasteiger partial charge in [0, 0.05) is 10.6 Å². The fourth-order valence-corrected chi connectivity index (χ4v) is 3.21. The van der Waals surface area contributed by atoms with E-state index >= 15 is 0 Å². The van der Waals surface area contributed by atoms with Crippen LogP contribution in [-0.2, 0) is 5.75 Å². The molecule has 0 aromatic heterocycles. The Bertz CT molecular complexity index is 546. The normalized spacial score (nSPS) is 10.6. The van der Waals surface area contributed by atoms with E-state index in [2.05, 4.69) is 32.0 Å². The molecule has 2 aromatic carbocycles. The first-order chi connectivity index (χ1) is 8.58. The largest absolute Gasteiger partial charge is 0.398 e. The van der Waals surface area contributed by atoms with E-state index in [1.54, 1.807) is 11.8 Å². The molecule has 94 valence electrons. The molecule has 0 atom stereocenters. The van der Waals surface area contributed by atoms with Crippen molar-refractivity contribution in [2.75, 3.05) is 5.73 Å². The van der Waals surface area contributed by atoms with Gasteiger partial charge in [-0.2, -0.15) is 0 Å². The molecule has 0 aliphatic carbocycles. The number of rotatable bonds is 3. The van der Waals surface area contributed by atoms with Crippen molar-refractivity contribution in [3.63, 3.8) is 0 Å². The van der Waals surface area contributed by atoms with Crippen LogP contribution in [0.25, 0.3) is 0 Å². The minimum atomic E-state index is 0.626. The van der Waals surface area contributed by atoms with E-state index in [0.717, 1.165) is 10.6 Å². The van der Waals surface area contributed by atoms with Crippen LogP contribution in [0.5, 0.6) is 0 Å². The van der Waals surface area contributed by atoms with Crippen LogP contribution < -0.4 is 5.73 Å². The summed E-state index contributed by atoms with van der Waals surface area (Å²) < 4.78 is 0. The molecule has 0 saturated heterocycles. The van der Waals surface area contributed by atoms with Crippen LogP contribution in [0.1, 0.15) is 16.7 Å². The van der Waals surface area contributed by atoms with Crippen LogP contribution in [0, 0.1) is 13.8 Å². The van der Waals surface area contributed by atoms with Gasteiger partial charge in [0.2, 0.25) is 0 Å². The summed E-state index contributed by atoms with van der Waals surface area (Å²) in [4.78, 5) is 1.15. The third kappa shape index (κ3) is 3.01. The first kappa shape index (κ1) is 13.3. The molecule has 2 rings (SSSR count). The number of thioether (sulfide) groups is 1. The molecule has 0 aliphatic rings. The highest BCUT2D eigenvalue weighted by Gasteiger charge is 2.04. The molecule has 18 heavy (non-hydrogen) atoms. The van der Waals surface area contributed by atoms with Crippen molar-refractivity contribution in [2.24, 2.45) is 0 Å². The van der Waals surface area contributed by atoms with Gasteiger partial charge in [-0.15, -0.1) is 11.8 Å². The molecule has 0 amide bonds. The SMILES string of the molecule is Cc1cccc(C)c1CSc1ccc(N)c(Cl)c1. The van der Waals surface area contributed by atoms with Crippen LogP contribution in [-0.4, -0.2) is 0 Å². The molecule has 0 unspecified atom stereocenters. The molecule has 0 aliphatic heterocycles. The quantitative estimate of drug-likeness (QED) is 0.642. The third-order valence-corrected chi connectivity index (χ3v) is 4.35. The lowest BCUT2D eigenvalue weighted by atomic mass is 10.1. The van der Waals surface area contributed by atoms with Crippen LogP contribution in [0.3, 0.4) is 0 Å². The van der Waals surface area contributed by atoms with Gasteiger partial charge < -0.3 is 5.73 Å². The Balaban J connectivity index is 2.14. The molecule has 0 heterocycles. The standard InChI is InChI=1S/C15H16ClNS/c1-10-4-3-5-11(2)13(10)9-18-12-6-7-15(17)14(16)8-12/h3-8H,9,17H2,1-2H3. The maximum Gasteiger partial charge on any atom is 0.0646 e. The number of halogens is 1. The van der Waals surface area contributed by atoms with Crippen LogP contribution >= 0.6 is 23.4 Å². The second-order valence-electron chi connectivity index (χ2n) is 4.34. The van der Waals surface area contributed by atoms with Crippen molar-refractivity contribution in [3.8, 4) is 0 Å². The molecule has 0 radical (unpaired) electrons. The summed E-state index contributed by atoms with van der Waals surface area (Å²) in [5.41, 5.74) is 10.4. The van der Waals surface area contributed by atoms with Crippen molar-refractivity contribution in [1.82, 2.24) is 0 Å². The summed E-state index contributed by atoms with van der Waals surface area (Å²) in [5, 5.41) is 0.626. The zero-order chi connectivity index (χ0) is 13.1. The zero-order valence-corrected chi connectivity index (χ0v) is 12.1. The van der Waals surface area contributed by atoms with Gasteiger partial charge >= 0.3 is 0 Å². The number of hydrogen-bond donors (Lipinski definition) is 1. The van der Waals surface area contributed by atoms with Crippen molar-refractivity contribution in [1.29, 1.82) is 0 Å². The topological polar surface area (TPSA) is 26.0 Å². The van der Waals surface area contributed by atoms with Gasteiger partial charge in [-0.25, -0.2) is 0 Å². The Labute approximate surface area is 117 Å². The Morgan fingerprint density at radius 1 is 1.11 bits per heavy atom. The van der Waals surface area contributed by atoms with Crippen molar-refractivity contribution in [2.45, 2.75) is 24.5 Å². The van der Waals surface area contributed by atoms with Gasteiger partial charge in [0.15, 0.2) is 0 Å². The monoisotopic (exact) mass is 277 g/mol. The number of aryl methyl sites for hydroxylation is 2. The molecule has 2 aromatic rings. The second kappa shape index (κ2) is 5.68. The lowest BCUT2D eigenvalue weighted by Crippen LogP contribution is -1.91. The Morgan fingerprint density at radius 2 is 1.78 bits per heavy atom. The van der Waals surface area contributed by atoms with E-state index in [-0.39, 0.29) is 0 Å². The molecule has 2 N–H and O–H groups in total. The van der Waals surface area contributed by atoms with E-state index in [4.69, 9.17) is 17.3 Å².